The van der Waals surface area contributed by atoms with Crippen LogP contribution in [0.15, 0.2) is 24.3 Å². The van der Waals surface area contributed by atoms with Gasteiger partial charge in [-0.2, -0.15) is 0 Å². The summed E-state index contributed by atoms with van der Waals surface area (Å²) in [6.45, 7) is 3.89. The second-order valence-electron chi connectivity index (χ2n) is 5.34. The number of hydrogen-bond donors (Lipinski definition) is 4. The highest BCUT2D eigenvalue weighted by atomic mass is 16.2. The molecule has 0 saturated carbocycles. The van der Waals surface area contributed by atoms with Crippen molar-refractivity contribution >= 4 is 23.5 Å². The summed E-state index contributed by atoms with van der Waals surface area (Å²) in [5.74, 6) is -0.329. The van der Waals surface area contributed by atoms with Crippen LogP contribution in [0.2, 0.25) is 0 Å². The Balaban J connectivity index is 2.75. The summed E-state index contributed by atoms with van der Waals surface area (Å²) >= 11 is 0. The molecule has 1 rings (SSSR count). The Morgan fingerprint density at radius 3 is 2.18 bits per heavy atom. The predicted octanol–water partition coefficient (Wildman–Crippen LogP) is 1.07. The first-order valence-electron chi connectivity index (χ1n) is 7.02. The van der Waals surface area contributed by atoms with Crippen LogP contribution in [0.5, 0.6) is 0 Å². The van der Waals surface area contributed by atoms with E-state index in [9.17, 15) is 14.4 Å². The molecule has 4 amide bonds. The molecule has 7 heteroatoms. The minimum absolute atomic E-state index is 0.203. The van der Waals surface area contributed by atoms with Crippen molar-refractivity contribution in [3.63, 3.8) is 0 Å². The average molecular weight is 306 g/mol. The van der Waals surface area contributed by atoms with Crippen LogP contribution in [-0.4, -0.2) is 30.9 Å². The van der Waals surface area contributed by atoms with Crippen molar-refractivity contribution in [3.05, 3.63) is 29.8 Å². The van der Waals surface area contributed by atoms with Gasteiger partial charge in [0.15, 0.2) is 0 Å². The number of carbonyl (C=O) groups is 3. The van der Waals surface area contributed by atoms with Crippen LogP contribution in [0.25, 0.3) is 0 Å². The Hall–Kier alpha value is -2.57. The van der Waals surface area contributed by atoms with Gasteiger partial charge in [-0.25, -0.2) is 4.79 Å². The molecule has 0 fully saturated rings. The summed E-state index contributed by atoms with van der Waals surface area (Å²) in [7, 11) is 1.55. The molecule has 7 nitrogen and oxygen atoms in total. The Morgan fingerprint density at radius 2 is 1.73 bits per heavy atom. The molecule has 0 aliphatic heterocycles. The fourth-order valence-electron chi connectivity index (χ4n) is 1.95. The largest absolute Gasteiger partial charge is 0.355 e. The maximum absolute atomic E-state index is 12.2. The molecule has 0 aliphatic rings. The first kappa shape index (κ1) is 17.5. The Labute approximate surface area is 129 Å². The van der Waals surface area contributed by atoms with Crippen LogP contribution < -0.4 is 21.7 Å². The number of nitrogens with one attached hydrogen (secondary N) is 3. The third kappa shape index (κ3) is 5.43. The number of amides is 4. The molecule has 1 aromatic rings. The molecular weight excluding hydrogens is 284 g/mol. The van der Waals surface area contributed by atoms with Gasteiger partial charge in [0.25, 0.3) is 5.91 Å². The van der Waals surface area contributed by atoms with E-state index in [1.165, 1.54) is 0 Å². The van der Waals surface area contributed by atoms with Crippen molar-refractivity contribution in [2.24, 2.45) is 11.7 Å². The molecular formula is C15H22N4O3. The normalized spacial score (nSPS) is 11.6. The number of rotatable bonds is 6. The second-order valence-corrected chi connectivity index (χ2v) is 5.34. The molecule has 0 radical (unpaired) electrons. The quantitative estimate of drug-likeness (QED) is 0.630. The van der Waals surface area contributed by atoms with Crippen LogP contribution in [0.3, 0.4) is 0 Å². The molecule has 0 saturated heterocycles. The maximum atomic E-state index is 12.2. The number of primary amides is 1. The SMILES string of the molecule is CNC(=O)c1ccc(NC(=O)C(CC(C)C)NC(N)=O)cc1. The second kappa shape index (κ2) is 8.02. The Morgan fingerprint density at radius 1 is 1.14 bits per heavy atom. The van der Waals surface area contributed by atoms with Crippen LogP contribution in [0, 0.1) is 5.92 Å². The third-order valence-corrected chi connectivity index (χ3v) is 2.98. The number of hydrogen-bond acceptors (Lipinski definition) is 3. The lowest BCUT2D eigenvalue weighted by atomic mass is 10.0. The highest BCUT2D eigenvalue weighted by molar-refractivity contribution is 5.98. The van der Waals surface area contributed by atoms with E-state index in [4.69, 9.17) is 5.73 Å². The molecule has 0 aliphatic carbocycles. The first-order valence-corrected chi connectivity index (χ1v) is 7.02. The van der Waals surface area contributed by atoms with Gasteiger partial charge in [0.2, 0.25) is 5.91 Å². The number of nitrogens with two attached hydrogens (primary N) is 1. The molecule has 0 spiro atoms. The molecule has 1 unspecified atom stereocenters. The Bertz CT molecular complexity index is 540. The highest BCUT2D eigenvalue weighted by Crippen LogP contribution is 2.12. The van der Waals surface area contributed by atoms with Crippen LogP contribution in [0.1, 0.15) is 30.6 Å². The third-order valence-electron chi connectivity index (χ3n) is 2.98. The first-order chi connectivity index (χ1) is 10.3. The van der Waals surface area contributed by atoms with E-state index < -0.39 is 12.1 Å². The van der Waals surface area contributed by atoms with Crippen molar-refractivity contribution in [2.75, 3.05) is 12.4 Å². The number of carbonyl (C=O) groups excluding carboxylic acids is 3. The van der Waals surface area contributed by atoms with Gasteiger partial charge >= 0.3 is 6.03 Å². The van der Waals surface area contributed by atoms with Crippen molar-refractivity contribution in [1.82, 2.24) is 10.6 Å². The van der Waals surface area contributed by atoms with Crippen molar-refractivity contribution < 1.29 is 14.4 Å². The zero-order chi connectivity index (χ0) is 16.7. The zero-order valence-corrected chi connectivity index (χ0v) is 13.0. The molecule has 22 heavy (non-hydrogen) atoms. The lowest BCUT2D eigenvalue weighted by molar-refractivity contribution is -0.118. The summed E-state index contributed by atoms with van der Waals surface area (Å²) < 4.78 is 0. The minimum Gasteiger partial charge on any atom is -0.355 e. The van der Waals surface area contributed by atoms with Crippen molar-refractivity contribution in [3.8, 4) is 0 Å². The van der Waals surface area contributed by atoms with Gasteiger partial charge < -0.3 is 21.7 Å². The standard InChI is InChI=1S/C15H22N4O3/c1-9(2)8-12(19-15(16)22)14(21)18-11-6-4-10(5-7-11)13(20)17-3/h4-7,9,12H,8H2,1-3H3,(H,17,20)(H,18,21)(H3,16,19,22). The Kier molecular flexibility index (Phi) is 6.37. The smallest absolute Gasteiger partial charge is 0.312 e. The van der Waals surface area contributed by atoms with Gasteiger partial charge in [-0.1, -0.05) is 13.8 Å². The van der Waals surface area contributed by atoms with Gasteiger partial charge in [-0.05, 0) is 36.6 Å². The highest BCUT2D eigenvalue weighted by Gasteiger charge is 2.21. The van der Waals surface area contributed by atoms with E-state index in [-0.39, 0.29) is 17.7 Å². The zero-order valence-electron chi connectivity index (χ0n) is 13.0. The van der Waals surface area contributed by atoms with Gasteiger partial charge in [0.05, 0.1) is 0 Å². The summed E-state index contributed by atoms with van der Waals surface area (Å²) in [6, 6.07) is 5.02. The molecule has 5 N–H and O–H groups in total. The van der Waals surface area contributed by atoms with Gasteiger partial charge in [0, 0.05) is 18.3 Å². The number of anilines is 1. The number of urea groups is 1. The summed E-state index contributed by atoms with van der Waals surface area (Å²) in [5.41, 5.74) is 6.13. The van der Waals surface area contributed by atoms with Gasteiger partial charge in [0.1, 0.15) is 6.04 Å². The summed E-state index contributed by atoms with van der Waals surface area (Å²) in [5, 5.41) is 7.64. The molecule has 0 bridgehead atoms. The molecule has 120 valence electrons. The monoisotopic (exact) mass is 306 g/mol. The van der Waals surface area contributed by atoms with Gasteiger partial charge in [-0.15, -0.1) is 0 Å². The van der Waals surface area contributed by atoms with E-state index in [1.54, 1.807) is 31.3 Å². The van der Waals surface area contributed by atoms with Crippen molar-refractivity contribution in [2.45, 2.75) is 26.3 Å². The molecule has 0 heterocycles. The fraction of sp³-hybridized carbons (Fsp3) is 0.400. The van der Waals surface area contributed by atoms with E-state index in [2.05, 4.69) is 16.0 Å². The van der Waals surface area contributed by atoms with E-state index >= 15 is 0 Å². The van der Waals surface area contributed by atoms with Crippen LogP contribution in [0.4, 0.5) is 10.5 Å². The topological polar surface area (TPSA) is 113 Å². The summed E-state index contributed by atoms with van der Waals surface area (Å²) in [6.07, 6.45) is 0.477. The molecule has 0 aromatic heterocycles. The van der Waals surface area contributed by atoms with E-state index in [1.807, 2.05) is 13.8 Å². The average Bonchev–Trinajstić information content (AvgIpc) is 2.45. The van der Waals surface area contributed by atoms with E-state index in [0.717, 1.165) is 0 Å². The predicted molar refractivity (Wildman–Crippen MR) is 84.4 cm³/mol. The molecule has 1 atom stereocenters. The van der Waals surface area contributed by atoms with Crippen LogP contribution in [-0.2, 0) is 4.79 Å². The van der Waals surface area contributed by atoms with E-state index in [0.29, 0.717) is 17.7 Å². The van der Waals surface area contributed by atoms with Crippen molar-refractivity contribution in [1.29, 1.82) is 0 Å². The lowest BCUT2D eigenvalue weighted by Gasteiger charge is -2.19. The minimum atomic E-state index is -0.740. The van der Waals surface area contributed by atoms with Crippen LogP contribution >= 0.6 is 0 Å². The maximum Gasteiger partial charge on any atom is 0.312 e. The van der Waals surface area contributed by atoms with Gasteiger partial charge in [-0.3, -0.25) is 9.59 Å². The lowest BCUT2D eigenvalue weighted by Crippen LogP contribution is -2.46. The summed E-state index contributed by atoms with van der Waals surface area (Å²) in [4.78, 5) is 34.6. The fourth-order valence-corrected chi connectivity index (χ4v) is 1.95. The molecule has 1 aromatic carbocycles. The number of benzene rings is 1.